The Morgan fingerprint density at radius 2 is 2.06 bits per heavy atom. The van der Waals surface area contributed by atoms with E-state index >= 15 is 0 Å². The van der Waals surface area contributed by atoms with Gasteiger partial charge in [-0.15, -0.1) is 0 Å². The van der Waals surface area contributed by atoms with E-state index in [0.717, 1.165) is 0 Å². The summed E-state index contributed by atoms with van der Waals surface area (Å²) in [4.78, 5) is 12.0. The van der Waals surface area contributed by atoms with Gasteiger partial charge in [-0.05, 0) is 69.7 Å². The van der Waals surface area contributed by atoms with Crippen LogP contribution in [0.15, 0.2) is 39.6 Å². The average molecular weight is 422 g/mol. The lowest BCUT2D eigenvalue weighted by Gasteiger charge is -2.13. The second-order valence-electron chi connectivity index (χ2n) is 3.71. The van der Waals surface area contributed by atoms with Gasteiger partial charge in [0.05, 0.1) is 9.26 Å². The first kappa shape index (κ1) is 13.7. The van der Waals surface area contributed by atoms with Gasteiger partial charge in [-0.1, -0.05) is 6.07 Å². The molecule has 0 aliphatic heterocycles. The molecule has 0 saturated carbocycles. The van der Waals surface area contributed by atoms with Crippen molar-refractivity contribution in [1.82, 2.24) is 4.57 Å². The van der Waals surface area contributed by atoms with E-state index in [9.17, 15) is 9.18 Å². The second kappa shape index (κ2) is 5.52. The maximum Gasteiger partial charge on any atom is 0.264 e. The fraction of sp³-hybridized carbons (Fsp3) is 0.154. The third kappa shape index (κ3) is 2.38. The zero-order chi connectivity index (χ0) is 13.3. The van der Waals surface area contributed by atoms with Crippen LogP contribution in [0.1, 0.15) is 6.92 Å². The summed E-state index contributed by atoms with van der Waals surface area (Å²) in [5, 5.41) is 0. The first-order valence-corrected chi connectivity index (χ1v) is 7.27. The molecule has 18 heavy (non-hydrogen) atoms. The monoisotopic (exact) mass is 421 g/mol. The Labute approximate surface area is 126 Å². The molecular weight excluding hydrogens is 412 g/mol. The van der Waals surface area contributed by atoms with Crippen LogP contribution in [-0.2, 0) is 6.54 Å². The highest BCUT2D eigenvalue weighted by molar-refractivity contribution is 14.1. The van der Waals surface area contributed by atoms with E-state index in [1.54, 1.807) is 28.8 Å². The molecule has 2 rings (SSSR count). The Kier molecular flexibility index (Phi) is 4.21. The molecule has 0 amide bonds. The smallest absolute Gasteiger partial charge is 0.264 e. The van der Waals surface area contributed by atoms with Crippen LogP contribution in [0, 0.1) is 9.39 Å². The van der Waals surface area contributed by atoms with Crippen molar-refractivity contribution in [3.05, 3.63) is 54.5 Å². The van der Waals surface area contributed by atoms with E-state index in [1.807, 2.05) is 29.5 Å². The highest BCUT2D eigenvalue weighted by Crippen LogP contribution is 2.30. The van der Waals surface area contributed by atoms with Gasteiger partial charge in [0.2, 0.25) is 0 Å². The lowest BCUT2D eigenvalue weighted by atomic mass is 10.1. The Morgan fingerprint density at radius 3 is 2.67 bits per heavy atom. The van der Waals surface area contributed by atoms with Gasteiger partial charge < -0.3 is 4.57 Å². The average Bonchev–Trinajstić information content (AvgIpc) is 2.33. The number of halogens is 3. The summed E-state index contributed by atoms with van der Waals surface area (Å²) in [5.41, 5.74) is 0.923. The van der Waals surface area contributed by atoms with Crippen molar-refractivity contribution >= 4 is 38.5 Å². The molecular formula is C13H10BrFINO. The standard InChI is InChI=1S/C13H10BrFINO/c1-2-17-11(7-6-10(16)13(17)18)12-8(14)4-3-5-9(12)15/h3-7H,2H2,1H3. The van der Waals surface area contributed by atoms with Crippen molar-refractivity contribution in [2.24, 2.45) is 0 Å². The molecule has 0 radical (unpaired) electrons. The van der Waals surface area contributed by atoms with Crippen LogP contribution in [-0.4, -0.2) is 4.57 Å². The number of hydrogen-bond donors (Lipinski definition) is 0. The Morgan fingerprint density at radius 1 is 1.33 bits per heavy atom. The summed E-state index contributed by atoms with van der Waals surface area (Å²) in [6.07, 6.45) is 0. The number of pyridine rings is 1. The molecule has 0 atom stereocenters. The summed E-state index contributed by atoms with van der Waals surface area (Å²) in [5.74, 6) is -0.341. The predicted molar refractivity (Wildman–Crippen MR) is 82.2 cm³/mol. The minimum Gasteiger partial charge on any atom is -0.307 e. The number of nitrogens with zero attached hydrogens (tertiary/aromatic N) is 1. The lowest BCUT2D eigenvalue weighted by Crippen LogP contribution is -2.23. The van der Waals surface area contributed by atoms with Crippen LogP contribution in [0.2, 0.25) is 0 Å². The second-order valence-corrected chi connectivity index (χ2v) is 5.73. The van der Waals surface area contributed by atoms with Crippen LogP contribution in [0.25, 0.3) is 11.3 Å². The Bertz CT molecular complexity index is 634. The van der Waals surface area contributed by atoms with Gasteiger partial charge in [0.25, 0.3) is 5.56 Å². The van der Waals surface area contributed by atoms with E-state index in [2.05, 4.69) is 15.9 Å². The molecule has 0 bridgehead atoms. The molecule has 0 spiro atoms. The van der Waals surface area contributed by atoms with E-state index < -0.39 is 0 Å². The highest BCUT2D eigenvalue weighted by Gasteiger charge is 2.14. The Hall–Kier alpha value is -0.690. The van der Waals surface area contributed by atoms with E-state index in [1.165, 1.54) is 6.07 Å². The van der Waals surface area contributed by atoms with E-state index in [0.29, 0.717) is 25.8 Å². The van der Waals surface area contributed by atoms with Crippen molar-refractivity contribution in [2.45, 2.75) is 13.5 Å². The molecule has 0 N–H and O–H groups in total. The quantitative estimate of drug-likeness (QED) is 0.670. The van der Waals surface area contributed by atoms with Crippen molar-refractivity contribution in [3.63, 3.8) is 0 Å². The van der Waals surface area contributed by atoms with Gasteiger partial charge in [0.1, 0.15) is 5.82 Å². The molecule has 1 aromatic heterocycles. The maximum atomic E-state index is 13.9. The van der Waals surface area contributed by atoms with Crippen molar-refractivity contribution in [1.29, 1.82) is 0 Å². The highest BCUT2D eigenvalue weighted by atomic mass is 127. The van der Waals surface area contributed by atoms with Gasteiger partial charge in [0.15, 0.2) is 0 Å². The largest absolute Gasteiger partial charge is 0.307 e. The third-order valence-corrected chi connectivity index (χ3v) is 4.14. The molecule has 0 aliphatic carbocycles. The van der Waals surface area contributed by atoms with Crippen LogP contribution >= 0.6 is 38.5 Å². The van der Waals surface area contributed by atoms with Gasteiger partial charge in [-0.2, -0.15) is 0 Å². The maximum absolute atomic E-state index is 13.9. The summed E-state index contributed by atoms with van der Waals surface area (Å²) >= 11 is 5.32. The van der Waals surface area contributed by atoms with Gasteiger partial charge >= 0.3 is 0 Å². The third-order valence-electron chi connectivity index (χ3n) is 2.66. The summed E-state index contributed by atoms with van der Waals surface area (Å²) < 4.78 is 16.8. The van der Waals surface area contributed by atoms with Crippen LogP contribution in [0.3, 0.4) is 0 Å². The van der Waals surface area contributed by atoms with Crippen LogP contribution < -0.4 is 5.56 Å². The molecule has 0 aliphatic rings. The topological polar surface area (TPSA) is 22.0 Å². The molecule has 2 aromatic rings. The minimum absolute atomic E-state index is 0.0919. The lowest BCUT2D eigenvalue weighted by molar-refractivity contribution is 0.625. The fourth-order valence-corrected chi connectivity index (χ4v) is 2.84. The summed E-state index contributed by atoms with van der Waals surface area (Å²) in [6.45, 7) is 2.38. The zero-order valence-corrected chi connectivity index (χ0v) is 13.3. The molecule has 94 valence electrons. The molecule has 1 aromatic carbocycles. The van der Waals surface area contributed by atoms with E-state index in [-0.39, 0.29) is 11.4 Å². The first-order chi connectivity index (χ1) is 8.56. The van der Waals surface area contributed by atoms with Crippen molar-refractivity contribution in [2.75, 3.05) is 0 Å². The van der Waals surface area contributed by atoms with Gasteiger partial charge in [0, 0.05) is 16.6 Å². The van der Waals surface area contributed by atoms with Crippen molar-refractivity contribution in [3.8, 4) is 11.3 Å². The number of rotatable bonds is 2. The molecule has 0 unspecified atom stereocenters. The van der Waals surface area contributed by atoms with Crippen LogP contribution in [0.5, 0.6) is 0 Å². The number of aromatic nitrogens is 1. The summed E-state index contributed by atoms with van der Waals surface area (Å²) in [6, 6.07) is 8.27. The zero-order valence-electron chi connectivity index (χ0n) is 9.58. The number of hydrogen-bond acceptors (Lipinski definition) is 1. The number of benzene rings is 1. The van der Waals surface area contributed by atoms with E-state index in [4.69, 9.17) is 0 Å². The molecule has 0 fully saturated rings. The minimum atomic E-state index is -0.341. The summed E-state index contributed by atoms with van der Waals surface area (Å²) in [7, 11) is 0. The van der Waals surface area contributed by atoms with Gasteiger partial charge in [-0.25, -0.2) is 4.39 Å². The van der Waals surface area contributed by atoms with Crippen LogP contribution in [0.4, 0.5) is 4.39 Å². The molecule has 2 nitrogen and oxygen atoms in total. The molecule has 1 heterocycles. The Balaban J connectivity index is 2.80. The first-order valence-electron chi connectivity index (χ1n) is 5.40. The fourth-order valence-electron chi connectivity index (χ4n) is 1.83. The normalized spacial score (nSPS) is 10.7. The SMILES string of the molecule is CCn1c(-c2c(F)cccc2Br)ccc(I)c1=O. The van der Waals surface area contributed by atoms with Crippen molar-refractivity contribution < 1.29 is 4.39 Å². The predicted octanol–water partition coefficient (Wildman–Crippen LogP) is 4.04. The van der Waals surface area contributed by atoms with Gasteiger partial charge in [-0.3, -0.25) is 4.79 Å². The molecule has 0 saturated heterocycles. The molecule has 5 heteroatoms.